The first-order chi connectivity index (χ1) is 13.3. The van der Waals surface area contributed by atoms with Crippen molar-refractivity contribution in [2.45, 2.75) is 0 Å². The van der Waals surface area contributed by atoms with Crippen LogP contribution in [0.2, 0.25) is 0 Å². The van der Waals surface area contributed by atoms with E-state index in [0.29, 0.717) is 13.1 Å². The number of hydrogen-bond acceptors (Lipinski definition) is 4. The molecule has 0 bridgehead atoms. The number of carbonyl (C=O) groups excluding carboxylic acids is 1. The zero-order valence-electron chi connectivity index (χ0n) is 14.7. The molecule has 0 atom stereocenters. The number of amides is 1. The average molecular weight is 377 g/mol. The van der Waals surface area contributed by atoms with Crippen LogP contribution in [0.4, 0.5) is 5.82 Å². The standard InChI is InChI=1S/C20H19N5OS/c26-20(15-4-3-14-5-6-21-16(14)12-15)25-9-7-24(8-10-25)19-13-17(22-23-19)18-2-1-11-27-18/h1-6,11-13,21H,7-10H2,(H,22,23). The second kappa shape index (κ2) is 6.59. The Balaban J connectivity index is 1.26. The number of piperazine rings is 1. The van der Waals surface area contributed by atoms with E-state index in [9.17, 15) is 4.79 Å². The highest BCUT2D eigenvalue weighted by atomic mass is 32.1. The zero-order chi connectivity index (χ0) is 18.2. The number of carbonyl (C=O) groups is 1. The molecule has 1 aromatic carbocycles. The Bertz CT molecular complexity index is 1070. The van der Waals surface area contributed by atoms with Crippen molar-refractivity contribution in [1.29, 1.82) is 0 Å². The highest BCUT2D eigenvalue weighted by Gasteiger charge is 2.24. The van der Waals surface area contributed by atoms with Gasteiger partial charge < -0.3 is 14.8 Å². The molecule has 3 aromatic heterocycles. The Kier molecular flexibility index (Phi) is 3.94. The minimum absolute atomic E-state index is 0.0902. The lowest BCUT2D eigenvalue weighted by Gasteiger charge is -2.34. The number of hydrogen-bond donors (Lipinski definition) is 2. The van der Waals surface area contributed by atoms with Crippen LogP contribution in [0.3, 0.4) is 0 Å². The Hall–Kier alpha value is -3.06. The molecular formula is C20H19N5OS. The van der Waals surface area contributed by atoms with Crippen LogP contribution in [-0.4, -0.2) is 52.2 Å². The number of thiophene rings is 1. The number of nitrogens with one attached hydrogen (secondary N) is 2. The van der Waals surface area contributed by atoms with Gasteiger partial charge in [-0.3, -0.25) is 9.89 Å². The zero-order valence-corrected chi connectivity index (χ0v) is 15.5. The first-order valence-electron chi connectivity index (χ1n) is 8.98. The van der Waals surface area contributed by atoms with Crippen LogP contribution < -0.4 is 4.90 Å². The van der Waals surface area contributed by atoms with Crippen LogP contribution in [-0.2, 0) is 0 Å². The van der Waals surface area contributed by atoms with E-state index in [4.69, 9.17) is 0 Å². The number of anilines is 1. The average Bonchev–Trinajstić information content (AvgIpc) is 3.48. The maximum atomic E-state index is 12.8. The Morgan fingerprint density at radius 1 is 1.07 bits per heavy atom. The largest absolute Gasteiger partial charge is 0.361 e. The van der Waals surface area contributed by atoms with Crippen molar-refractivity contribution in [3.8, 4) is 10.6 Å². The van der Waals surface area contributed by atoms with Gasteiger partial charge in [0.15, 0.2) is 5.82 Å². The molecule has 7 heteroatoms. The molecule has 0 aliphatic carbocycles. The second-order valence-corrected chi connectivity index (χ2v) is 7.62. The van der Waals surface area contributed by atoms with Crippen LogP contribution in [0, 0.1) is 0 Å². The van der Waals surface area contributed by atoms with Crippen molar-refractivity contribution in [2.24, 2.45) is 0 Å². The molecule has 1 amide bonds. The number of rotatable bonds is 3. The van der Waals surface area contributed by atoms with Crippen LogP contribution in [0.1, 0.15) is 10.4 Å². The van der Waals surface area contributed by atoms with Gasteiger partial charge in [0.2, 0.25) is 0 Å². The van der Waals surface area contributed by atoms with Crippen LogP contribution in [0.15, 0.2) is 54.0 Å². The van der Waals surface area contributed by atoms with E-state index in [1.54, 1.807) is 11.3 Å². The van der Waals surface area contributed by atoms with Gasteiger partial charge in [0.25, 0.3) is 5.91 Å². The highest BCUT2D eigenvalue weighted by Crippen LogP contribution is 2.26. The Labute approximate surface area is 160 Å². The summed E-state index contributed by atoms with van der Waals surface area (Å²) in [5.41, 5.74) is 2.77. The maximum Gasteiger partial charge on any atom is 0.254 e. The predicted molar refractivity (Wildman–Crippen MR) is 108 cm³/mol. The molecule has 0 unspecified atom stereocenters. The quantitative estimate of drug-likeness (QED) is 0.573. The lowest BCUT2D eigenvalue weighted by Crippen LogP contribution is -2.48. The summed E-state index contributed by atoms with van der Waals surface area (Å²) >= 11 is 1.69. The molecule has 1 fully saturated rings. The van der Waals surface area contributed by atoms with Crippen molar-refractivity contribution in [3.05, 3.63) is 59.6 Å². The van der Waals surface area contributed by atoms with Gasteiger partial charge in [-0.2, -0.15) is 5.10 Å². The Morgan fingerprint density at radius 2 is 1.96 bits per heavy atom. The monoisotopic (exact) mass is 377 g/mol. The molecule has 0 radical (unpaired) electrons. The van der Waals surface area contributed by atoms with E-state index >= 15 is 0 Å². The number of aromatic amines is 2. The van der Waals surface area contributed by atoms with Gasteiger partial charge in [0.05, 0.1) is 10.6 Å². The summed E-state index contributed by atoms with van der Waals surface area (Å²) in [5.74, 6) is 1.03. The molecule has 4 aromatic rings. The summed E-state index contributed by atoms with van der Waals surface area (Å²) in [6.07, 6.45) is 1.89. The van der Waals surface area contributed by atoms with Crippen molar-refractivity contribution < 1.29 is 4.79 Å². The molecule has 5 rings (SSSR count). The van der Waals surface area contributed by atoms with Gasteiger partial charge in [-0.15, -0.1) is 11.3 Å². The van der Waals surface area contributed by atoms with E-state index in [2.05, 4.69) is 37.6 Å². The normalized spacial score (nSPS) is 14.8. The molecule has 1 aliphatic heterocycles. The van der Waals surface area contributed by atoms with Crippen LogP contribution >= 0.6 is 11.3 Å². The fraction of sp³-hybridized carbons (Fsp3) is 0.200. The lowest BCUT2D eigenvalue weighted by atomic mass is 10.1. The second-order valence-electron chi connectivity index (χ2n) is 6.68. The van der Waals surface area contributed by atoms with Crippen molar-refractivity contribution in [2.75, 3.05) is 31.1 Å². The van der Waals surface area contributed by atoms with Crippen molar-refractivity contribution in [1.82, 2.24) is 20.1 Å². The number of aromatic nitrogens is 3. The number of fused-ring (bicyclic) bond motifs is 1. The molecule has 27 heavy (non-hydrogen) atoms. The number of benzene rings is 1. The third kappa shape index (κ3) is 3.00. The topological polar surface area (TPSA) is 68.0 Å². The molecule has 0 saturated carbocycles. The molecule has 2 N–H and O–H groups in total. The predicted octanol–water partition coefficient (Wildman–Crippen LogP) is 3.58. The van der Waals surface area contributed by atoms with E-state index in [0.717, 1.165) is 41.1 Å². The SMILES string of the molecule is O=C(c1ccc2cc[nH]c2c1)N1CCN(c2cc(-c3cccs3)[nH]n2)CC1. The maximum absolute atomic E-state index is 12.8. The smallest absolute Gasteiger partial charge is 0.254 e. The molecule has 0 spiro atoms. The van der Waals surface area contributed by atoms with Gasteiger partial charge in [0.1, 0.15) is 0 Å². The number of nitrogens with zero attached hydrogens (tertiary/aromatic N) is 3. The van der Waals surface area contributed by atoms with Gasteiger partial charge >= 0.3 is 0 Å². The summed E-state index contributed by atoms with van der Waals surface area (Å²) in [5, 5.41) is 10.7. The van der Waals surface area contributed by atoms with E-state index in [1.807, 2.05) is 41.4 Å². The fourth-order valence-electron chi connectivity index (χ4n) is 3.53. The summed E-state index contributed by atoms with van der Waals surface area (Å²) in [4.78, 5) is 21.3. The summed E-state index contributed by atoms with van der Waals surface area (Å²) in [7, 11) is 0. The van der Waals surface area contributed by atoms with E-state index < -0.39 is 0 Å². The van der Waals surface area contributed by atoms with Crippen molar-refractivity contribution in [3.63, 3.8) is 0 Å². The molecular weight excluding hydrogens is 358 g/mol. The van der Waals surface area contributed by atoms with Crippen molar-refractivity contribution >= 4 is 34.0 Å². The van der Waals surface area contributed by atoms with E-state index in [1.165, 1.54) is 4.88 Å². The van der Waals surface area contributed by atoms with Crippen LogP contribution in [0.5, 0.6) is 0 Å². The molecule has 136 valence electrons. The van der Waals surface area contributed by atoms with Gasteiger partial charge in [-0.05, 0) is 35.0 Å². The van der Waals surface area contributed by atoms with Crippen LogP contribution in [0.25, 0.3) is 21.5 Å². The molecule has 4 heterocycles. The summed E-state index contributed by atoms with van der Waals surface area (Å²) < 4.78 is 0. The third-order valence-electron chi connectivity index (χ3n) is 5.04. The summed E-state index contributed by atoms with van der Waals surface area (Å²) in [6, 6.07) is 14.1. The van der Waals surface area contributed by atoms with Gasteiger partial charge in [0, 0.05) is 49.5 Å². The van der Waals surface area contributed by atoms with E-state index in [-0.39, 0.29) is 5.91 Å². The van der Waals surface area contributed by atoms with Gasteiger partial charge in [-0.1, -0.05) is 12.1 Å². The minimum atomic E-state index is 0.0902. The molecule has 1 saturated heterocycles. The molecule has 1 aliphatic rings. The lowest BCUT2D eigenvalue weighted by molar-refractivity contribution is 0.0746. The minimum Gasteiger partial charge on any atom is -0.361 e. The fourth-order valence-corrected chi connectivity index (χ4v) is 4.23. The number of H-pyrrole nitrogens is 2. The van der Waals surface area contributed by atoms with Gasteiger partial charge in [-0.25, -0.2) is 0 Å². The molecule has 6 nitrogen and oxygen atoms in total. The Morgan fingerprint density at radius 3 is 2.78 bits per heavy atom. The first kappa shape index (κ1) is 16.1. The highest BCUT2D eigenvalue weighted by molar-refractivity contribution is 7.13. The summed E-state index contributed by atoms with van der Waals surface area (Å²) in [6.45, 7) is 2.96. The third-order valence-corrected chi connectivity index (χ3v) is 5.95. The first-order valence-corrected chi connectivity index (χ1v) is 9.86.